The van der Waals surface area contributed by atoms with Crippen molar-refractivity contribution >= 4 is 16.4 Å². The minimum atomic E-state index is -3.79. The lowest BCUT2D eigenvalue weighted by molar-refractivity contribution is -0.104. The van der Waals surface area contributed by atoms with Gasteiger partial charge in [-0.25, -0.2) is 0 Å². The second kappa shape index (κ2) is 7.52. The van der Waals surface area contributed by atoms with Gasteiger partial charge in [0.1, 0.15) is 6.29 Å². The van der Waals surface area contributed by atoms with Crippen molar-refractivity contribution in [3.8, 4) is 0 Å². The Morgan fingerprint density at radius 3 is 2.33 bits per heavy atom. The number of carbonyl (C=O) groups excluding carboxylic acids is 1. The van der Waals surface area contributed by atoms with E-state index in [9.17, 15) is 13.2 Å². The molecule has 0 amide bonds. The lowest BCUT2D eigenvalue weighted by Crippen LogP contribution is -2.24. The first-order valence-electron chi connectivity index (χ1n) is 6.93. The highest BCUT2D eigenvalue weighted by molar-refractivity contribution is 7.86. The van der Waals surface area contributed by atoms with Gasteiger partial charge >= 0.3 is 0 Å². The zero-order valence-corrected chi connectivity index (χ0v) is 13.7. The van der Waals surface area contributed by atoms with Crippen molar-refractivity contribution in [3.05, 3.63) is 41.5 Å². The summed E-state index contributed by atoms with van der Waals surface area (Å²) in [7, 11) is -3.79. The molecule has 1 aromatic carbocycles. The molecule has 0 aromatic heterocycles. The highest BCUT2D eigenvalue weighted by Crippen LogP contribution is 2.21. The molecule has 5 heteroatoms. The monoisotopic (exact) mass is 310 g/mol. The molecule has 0 radical (unpaired) electrons. The summed E-state index contributed by atoms with van der Waals surface area (Å²) in [5.74, 6) is -0.166. The highest BCUT2D eigenvalue weighted by Gasteiger charge is 2.24. The quantitative estimate of drug-likeness (QED) is 0.440. The van der Waals surface area contributed by atoms with Crippen LogP contribution < -0.4 is 0 Å². The molecule has 1 rings (SSSR count). The third-order valence-electron chi connectivity index (χ3n) is 3.26. The van der Waals surface area contributed by atoms with Crippen molar-refractivity contribution in [2.45, 2.75) is 45.1 Å². The Balaban J connectivity index is 2.94. The number of hydrogen-bond acceptors (Lipinski definition) is 4. The molecule has 0 saturated heterocycles. The maximum Gasteiger partial charge on any atom is 0.297 e. The van der Waals surface area contributed by atoms with Crippen LogP contribution in [0.4, 0.5) is 0 Å². The van der Waals surface area contributed by atoms with Gasteiger partial charge in [0.25, 0.3) is 10.1 Å². The summed E-state index contributed by atoms with van der Waals surface area (Å²) in [6.45, 7) is 7.27. The summed E-state index contributed by atoms with van der Waals surface area (Å²) < 4.78 is 29.9. The van der Waals surface area contributed by atoms with Crippen LogP contribution in [0.15, 0.2) is 40.8 Å². The van der Waals surface area contributed by atoms with Crippen molar-refractivity contribution in [1.82, 2.24) is 0 Å². The predicted molar refractivity (Wildman–Crippen MR) is 82.5 cm³/mol. The van der Waals surface area contributed by atoms with Crippen LogP contribution in [0.25, 0.3) is 0 Å². The number of carbonyl (C=O) groups is 1. The number of aldehydes is 1. The van der Waals surface area contributed by atoms with Crippen LogP contribution >= 0.6 is 0 Å². The summed E-state index contributed by atoms with van der Waals surface area (Å²) in [5, 5.41) is 0. The van der Waals surface area contributed by atoms with E-state index in [1.807, 2.05) is 20.8 Å². The molecule has 0 N–H and O–H groups in total. The van der Waals surface area contributed by atoms with Crippen LogP contribution in [0, 0.1) is 12.8 Å². The molecule has 0 aliphatic heterocycles. The molecule has 116 valence electrons. The highest BCUT2D eigenvalue weighted by atomic mass is 32.2. The summed E-state index contributed by atoms with van der Waals surface area (Å²) in [6.07, 6.45) is 2.52. The molecule has 0 spiro atoms. The van der Waals surface area contributed by atoms with E-state index in [0.29, 0.717) is 12.0 Å². The van der Waals surface area contributed by atoms with Crippen LogP contribution in [0.2, 0.25) is 0 Å². The van der Waals surface area contributed by atoms with Crippen molar-refractivity contribution in [3.63, 3.8) is 0 Å². The molecular weight excluding hydrogens is 288 g/mol. The van der Waals surface area contributed by atoms with E-state index < -0.39 is 16.2 Å². The average Bonchev–Trinajstić information content (AvgIpc) is 2.44. The topological polar surface area (TPSA) is 60.4 Å². The minimum Gasteiger partial charge on any atom is -0.298 e. The predicted octanol–water partition coefficient (Wildman–Crippen LogP) is 3.26. The van der Waals surface area contributed by atoms with Gasteiger partial charge in [0.05, 0.1) is 11.0 Å². The van der Waals surface area contributed by atoms with Crippen LogP contribution in [0.5, 0.6) is 0 Å². The first-order valence-corrected chi connectivity index (χ1v) is 8.34. The van der Waals surface area contributed by atoms with Crippen molar-refractivity contribution in [2.24, 2.45) is 5.92 Å². The Bertz CT molecular complexity index is 600. The van der Waals surface area contributed by atoms with E-state index in [2.05, 4.69) is 0 Å². The molecule has 0 unspecified atom stereocenters. The smallest absolute Gasteiger partial charge is 0.297 e. The first-order chi connectivity index (χ1) is 9.80. The zero-order chi connectivity index (χ0) is 16.0. The lowest BCUT2D eigenvalue weighted by Gasteiger charge is -2.20. The Kier molecular flexibility index (Phi) is 6.30. The van der Waals surface area contributed by atoms with E-state index >= 15 is 0 Å². The van der Waals surface area contributed by atoms with Gasteiger partial charge in [0, 0.05) is 5.92 Å². The third-order valence-corrected chi connectivity index (χ3v) is 4.61. The van der Waals surface area contributed by atoms with E-state index in [4.69, 9.17) is 4.18 Å². The fourth-order valence-electron chi connectivity index (χ4n) is 2.01. The Morgan fingerprint density at radius 1 is 1.29 bits per heavy atom. The summed E-state index contributed by atoms with van der Waals surface area (Å²) in [5.41, 5.74) is 1.55. The van der Waals surface area contributed by atoms with Crippen LogP contribution in [0.1, 0.15) is 32.8 Å². The van der Waals surface area contributed by atoms with Crippen LogP contribution in [-0.4, -0.2) is 20.8 Å². The van der Waals surface area contributed by atoms with E-state index in [1.54, 1.807) is 25.1 Å². The van der Waals surface area contributed by atoms with E-state index in [-0.39, 0.29) is 10.8 Å². The molecule has 2 atom stereocenters. The molecule has 0 aliphatic rings. The molecule has 1 aromatic rings. The van der Waals surface area contributed by atoms with E-state index in [1.165, 1.54) is 12.1 Å². The fourth-order valence-corrected chi connectivity index (χ4v) is 3.23. The van der Waals surface area contributed by atoms with Gasteiger partial charge in [-0.05, 0) is 38.0 Å². The largest absolute Gasteiger partial charge is 0.298 e. The second-order valence-electron chi connectivity index (χ2n) is 5.20. The molecule has 4 nitrogen and oxygen atoms in total. The van der Waals surface area contributed by atoms with Gasteiger partial charge in [-0.1, -0.05) is 37.6 Å². The van der Waals surface area contributed by atoms with Gasteiger partial charge in [-0.15, -0.1) is 0 Å². The van der Waals surface area contributed by atoms with Crippen molar-refractivity contribution in [2.75, 3.05) is 0 Å². The summed E-state index contributed by atoms with van der Waals surface area (Å²) >= 11 is 0. The molecule has 0 saturated carbocycles. The SMILES string of the molecule is CC[C@H](OS(=O)(=O)c1ccc(C)cc1)[C@@H](C)/C=C(\C)C=O. The maximum atomic E-state index is 12.3. The minimum absolute atomic E-state index is 0.148. The van der Waals surface area contributed by atoms with Gasteiger partial charge in [-0.2, -0.15) is 8.42 Å². The molecule has 21 heavy (non-hydrogen) atoms. The Labute approximate surface area is 127 Å². The molecule has 0 heterocycles. The first kappa shape index (κ1) is 17.6. The lowest BCUT2D eigenvalue weighted by atomic mass is 10.0. The molecule has 0 aliphatic carbocycles. The molecular formula is C16H22O4S. The number of hydrogen-bond donors (Lipinski definition) is 0. The van der Waals surface area contributed by atoms with E-state index in [0.717, 1.165) is 11.8 Å². The van der Waals surface area contributed by atoms with Crippen molar-refractivity contribution in [1.29, 1.82) is 0 Å². The normalized spacial score (nSPS) is 15.5. The fraction of sp³-hybridized carbons (Fsp3) is 0.438. The van der Waals surface area contributed by atoms with Gasteiger partial charge in [0.15, 0.2) is 0 Å². The zero-order valence-electron chi connectivity index (χ0n) is 12.9. The van der Waals surface area contributed by atoms with Crippen LogP contribution in [-0.2, 0) is 19.1 Å². The number of benzene rings is 1. The van der Waals surface area contributed by atoms with Crippen LogP contribution in [0.3, 0.4) is 0 Å². The average molecular weight is 310 g/mol. The summed E-state index contributed by atoms with van der Waals surface area (Å²) in [6, 6.07) is 6.54. The van der Waals surface area contributed by atoms with Gasteiger partial charge in [0.2, 0.25) is 0 Å². The number of rotatable bonds is 7. The maximum absolute atomic E-state index is 12.3. The Morgan fingerprint density at radius 2 is 1.86 bits per heavy atom. The third kappa shape index (κ3) is 5.10. The van der Waals surface area contributed by atoms with Gasteiger partial charge < -0.3 is 0 Å². The number of allylic oxidation sites excluding steroid dienone is 1. The summed E-state index contributed by atoms with van der Waals surface area (Å²) in [4.78, 5) is 10.8. The molecule has 0 bridgehead atoms. The Hall–Kier alpha value is -1.46. The van der Waals surface area contributed by atoms with Gasteiger partial charge in [-0.3, -0.25) is 8.98 Å². The van der Waals surface area contributed by atoms with Crippen molar-refractivity contribution < 1.29 is 17.4 Å². The second-order valence-corrected chi connectivity index (χ2v) is 6.77. The standard InChI is InChI=1S/C16H22O4S/c1-5-16(14(4)10-13(3)11-17)20-21(18,19)15-8-6-12(2)7-9-15/h6-11,14,16H,5H2,1-4H3/b13-10+/t14-,16-/m0/s1. The number of aryl methyl sites for hydroxylation is 1. The molecule has 0 fully saturated rings.